The number of aryl methyl sites for hydroxylation is 2. The average molecular weight is 343 g/mol. The summed E-state index contributed by atoms with van der Waals surface area (Å²) in [6, 6.07) is 14.7. The van der Waals surface area contributed by atoms with Crippen molar-refractivity contribution in [3.05, 3.63) is 83.4 Å². The lowest BCUT2D eigenvalue weighted by Gasteiger charge is -2.02. The Kier molecular flexibility index (Phi) is 3.81. The molecule has 0 atom stereocenters. The Hall–Kier alpha value is -3.40. The van der Waals surface area contributed by atoms with E-state index < -0.39 is 0 Å². The first-order valence-electron chi connectivity index (χ1n) is 8.32. The first-order valence-corrected chi connectivity index (χ1v) is 8.32. The second kappa shape index (κ2) is 6.15. The molecule has 0 aliphatic heterocycles. The first-order chi connectivity index (χ1) is 12.5. The summed E-state index contributed by atoms with van der Waals surface area (Å²) in [6.07, 6.45) is 3.24. The van der Waals surface area contributed by atoms with Crippen LogP contribution in [-0.4, -0.2) is 15.9 Å². The van der Waals surface area contributed by atoms with Crippen LogP contribution in [0.4, 0.5) is 0 Å². The Bertz CT molecular complexity index is 1120. The largest absolute Gasteiger partial charge is 0.508 e. The van der Waals surface area contributed by atoms with Gasteiger partial charge in [-0.05, 0) is 54.8 Å². The topological polar surface area (TPSA) is 63.3 Å². The lowest BCUT2D eigenvalue weighted by atomic mass is 10.0. The summed E-state index contributed by atoms with van der Waals surface area (Å²) in [4.78, 5) is 16.9. The molecule has 0 unspecified atom stereocenters. The molecule has 26 heavy (non-hydrogen) atoms. The zero-order valence-electron chi connectivity index (χ0n) is 14.5. The first kappa shape index (κ1) is 16.1. The van der Waals surface area contributed by atoms with E-state index in [1.165, 1.54) is 0 Å². The van der Waals surface area contributed by atoms with E-state index in [4.69, 9.17) is 4.42 Å². The van der Waals surface area contributed by atoms with Gasteiger partial charge in [0.2, 0.25) is 5.78 Å². The Morgan fingerprint density at radius 2 is 1.73 bits per heavy atom. The Morgan fingerprint density at radius 3 is 2.46 bits per heavy atom. The van der Waals surface area contributed by atoms with E-state index in [1.807, 2.05) is 50.2 Å². The van der Waals surface area contributed by atoms with Crippen LogP contribution in [-0.2, 0) is 0 Å². The van der Waals surface area contributed by atoms with Crippen molar-refractivity contribution in [3.8, 4) is 16.9 Å². The standard InChI is InChI=1S/C22H17NO3/c1-13-9-10-23-12-19(13)21(25)22-14(2)18-8-5-16(11-20(18)26-22)15-3-6-17(24)7-4-15/h3-12,24H,1-2H3. The maximum Gasteiger partial charge on any atom is 0.230 e. The summed E-state index contributed by atoms with van der Waals surface area (Å²) in [5, 5.41) is 10.4. The number of furan rings is 1. The van der Waals surface area contributed by atoms with Gasteiger partial charge in [0.15, 0.2) is 5.76 Å². The fourth-order valence-electron chi connectivity index (χ4n) is 3.10. The summed E-state index contributed by atoms with van der Waals surface area (Å²) < 4.78 is 5.93. The maximum atomic E-state index is 12.9. The summed E-state index contributed by atoms with van der Waals surface area (Å²) in [5.74, 6) is 0.415. The van der Waals surface area contributed by atoms with Gasteiger partial charge < -0.3 is 9.52 Å². The quantitative estimate of drug-likeness (QED) is 0.529. The molecule has 0 aliphatic rings. The summed E-state index contributed by atoms with van der Waals surface area (Å²) in [5.41, 5.74) is 4.84. The van der Waals surface area contributed by atoms with E-state index in [0.29, 0.717) is 16.9 Å². The number of hydrogen-bond acceptors (Lipinski definition) is 4. The molecule has 4 heteroatoms. The third-order valence-corrected chi connectivity index (χ3v) is 4.63. The fraction of sp³-hybridized carbons (Fsp3) is 0.0909. The highest BCUT2D eigenvalue weighted by Crippen LogP contribution is 2.31. The molecule has 2 heterocycles. The number of carbonyl (C=O) groups excluding carboxylic acids is 1. The van der Waals surface area contributed by atoms with E-state index >= 15 is 0 Å². The molecule has 0 saturated carbocycles. The number of phenolic OH excluding ortho intramolecular Hbond substituents is 1. The molecule has 4 rings (SSSR count). The monoisotopic (exact) mass is 343 g/mol. The lowest BCUT2D eigenvalue weighted by Crippen LogP contribution is -2.04. The highest BCUT2D eigenvalue weighted by Gasteiger charge is 2.21. The molecule has 0 fully saturated rings. The van der Waals surface area contributed by atoms with Crippen molar-refractivity contribution < 1.29 is 14.3 Å². The highest BCUT2D eigenvalue weighted by atomic mass is 16.3. The van der Waals surface area contributed by atoms with Crippen LogP contribution in [0.3, 0.4) is 0 Å². The Morgan fingerprint density at radius 1 is 1.00 bits per heavy atom. The summed E-state index contributed by atoms with van der Waals surface area (Å²) >= 11 is 0. The fourth-order valence-corrected chi connectivity index (χ4v) is 3.10. The molecule has 0 amide bonds. The van der Waals surface area contributed by atoms with Gasteiger partial charge in [-0.2, -0.15) is 0 Å². The van der Waals surface area contributed by atoms with E-state index in [1.54, 1.807) is 24.5 Å². The Balaban J connectivity index is 1.80. The van der Waals surface area contributed by atoms with Gasteiger partial charge in [0.25, 0.3) is 0 Å². The van der Waals surface area contributed by atoms with E-state index in [0.717, 1.165) is 27.6 Å². The van der Waals surface area contributed by atoms with Crippen molar-refractivity contribution in [1.29, 1.82) is 0 Å². The van der Waals surface area contributed by atoms with Gasteiger partial charge in [0.1, 0.15) is 11.3 Å². The van der Waals surface area contributed by atoms with Crippen LogP contribution in [0.1, 0.15) is 27.2 Å². The van der Waals surface area contributed by atoms with Crippen LogP contribution in [0.15, 0.2) is 65.3 Å². The number of aromatic hydroxyl groups is 1. The normalized spacial score (nSPS) is 11.0. The summed E-state index contributed by atoms with van der Waals surface area (Å²) in [6.45, 7) is 3.78. The second-order valence-corrected chi connectivity index (χ2v) is 6.33. The molecule has 2 aromatic heterocycles. The predicted molar refractivity (Wildman–Crippen MR) is 100 cm³/mol. The Labute approximate surface area is 150 Å². The number of phenols is 1. The zero-order valence-corrected chi connectivity index (χ0v) is 14.5. The van der Waals surface area contributed by atoms with Crippen LogP contribution in [0.25, 0.3) is 22.1 Å². The molecule has 128 valence electrons. The number of ketones is 1. The SMILES string of the molecule is Cc1ccncc1C(=O)c1oc2cc(-c3ccc(O)cc3)ccc2c1C. The van der Waals surface area contributed by atoms with Gasteiger partial charge in [-0.15, -0.1) is 0 Å². The number of benzene rings is 2. The molecule has 4 aromatic rings. The van der Waals surface area contributed by atoms with Gasteiger partial charge in [-0.25, -0.2) is 0 Å². The van der Waals surface area contributed by atoms with E-state index in [-0.39, 0.29) is 11.5 Å². The number of rotatable bonds is 3. The maximum absolute atomic E-state index is 12.9. The number of hydrogen-bond donors (Lipinski definition) is 1. The van der Waals surface area contributed by atoms with Gasteiger partial charge in [-0.1, -0.05) is 24.3 Å². The number of pyridine rings is 1. The van der Waals surface area contributed by atoms with Gasteiger partial charge >= 0.3 is 0 Å². The van der Waals surface area contributed by atoms with Crippen LogP contribution in [0.5, 0.6) is 5.75 Å². The number of aromatic nitrogens is 1. The van der Waals surface area contributed by atoms with Crippen molar-refractivity contribution >= 4 is 16.8 Å². The molecule has 0 saturated heterocycles. The molecule has 0 bridgehead atoms. The average Bonchev–Trinajstić information content (AvgIpc) is 2.98. The predicted octanol–water partition coefficient (Wildman–Crippen LogP) is 5.05. The van der Waals surface area contributed by atoms with Gasteiger partial charge in [0, 0.05) is 28.9 Å². The minimum Gasteiger partial charge on any atom is -0.508 e. The molecule has 0 aliphatic carbocycles. The molecule has 0 radical (unpaired) electrons. The van der Waals surface area contributed by atoms with E-state index in [9.17, 15) is 9.90 Å². The van der Waals surface area contributed by atoms with Crippen molar-refractivity contribution in [2.45, 2.75) is 13.8 Å². The zero-order chi connectivity index (χ0) is 18.3. The number of fused-ring (bicyclic) bond motifs is 1. The van der Waals surface area contributed by atoms with Crippen molar-refractivity contribution in [2.75, 3.05) is 0 Å². The van der Waals surface area contributed by atoms with Crippen molar-refractivity contribution in [1.82, 2.24) is 4.98 Å². The minimum absolute atomic E-state index is 0.157. The molecular weight excluding hydrogens is 326 g/mol. The van der Waals surface area contributed by atoms with Crippen LogP contribution >= 0.6 is 0 Å². The molecular formula is C22H17NO3. The minimum atomic E-state index is -0.157. The molecule has 4 nitrogen and oxygen atoms in total. The molecule has 2 aromatic carbocycles. The molecule has 1 N–H and O–H groups in total. The van der Waals surface area contributed by atoms with Crippen LogP contribution in [0, 0.1) is 13.8 Å². The van der Waals surface area contributed by atoms with Gasteiger partial charge in [-0.3, -0.25) is 9.78 Å². The number of nitrogens with zero attached hydrogens (tertiary/aromatic N) is 1. The lowest BCUT2D eigenvalue weighted by molar-refractivity contribution is 0.101. The van der Waals surface area contributed by atoms with Crippen molar-refractivity contribution in [2.24, 2.45) is 0 Å². The molecule has 0 spiro atoms. The summed E-state index contributed by atoms with van der Waals surface area (Å²) in [7, 11) is 0. The third-order valence-electron chi connectivity index (χ3n) is 4.63. The van der Waals surface area contributed by atoms with Crippen molar-refractivity contribution in [3.63, 3.8) is 0 Å². The smallest absolute Gasteiger partial charge is 0.230 e. The van der Waals surface area contributed by atoms with Gasteiger partial charge in [0.05, 0.1) is 0 Å². The number of carbonyl (C=O) groups is 1. The van der Waals surface area contributed by atoms with Crippen LogP contribution in [0.2, 0.25) is 0 Å². The van der Waals surface area contributed by atoms with Crippen LogP contribution < -0.4 is 0 Å². The third kappa shape index (κ3) is 2.65. The highest BCUT2D eigenvalue weighted by molar-refractivity contribution is 6.11. The van der Waals surface area contributed by atoms with E-state index in [2.05, 4.69) is 4.98 Å². The second-order valence-electron chi connectivity index (χ2n) is 6.33.